The quantitative estimate of drug-likeness (QED) is 0.849. The van der Waals surface area contributed by atoms with Gasteiger partial charge < -0.3 is 5.32 Å². The first-order chi connectivity index (χ1) is 9.65. The summed E-state index contributed by atoms with van der Waals surface area (Å²) < 4.78 is 0. The number of hydrogen-bond donors (Lipinski definition) is 2. The average Bonchev–Trinajstić information content (AvgIpc) is 2.81. The topological polar surface area (TPSA) is 81.6 Å². The van der Waals surface area contributed by atoms with Crippen molar-refractivity contribution in [2.45, 2.75) is 11.9 Å². The molecule has 5 nitrogen and oxygen atoms in total. The zero-order valence-electron chi connectivity index (χ0n) is 10.6. The molecule has 1 amide bonds. The highest BCUT2D eigenvalue weighted by molar-refractivity contribution is 7.99. The Kier molecular flexibility index (Phi) is 4.66. The van der Waals surface area contributed by atoms with Gasteiger partial charge in [-0.2, -0.15) is 10.4 Å². The van der Waals surface area contributed by atoms with Gasteiger partial charge in [-0.05, 0) is 24.0 Å². The van der Waals surface area contributed by atoms with E-state index in [-0.39, 0.29) is 5.91 Å². The third kappa shape index (κ3) is 3.13. The van der Waals surface area contributed by atoms with E-state index in [1.165, 1.54) is 11.8 Å². The summed E-state index contributed by atoms with van der Waals surface area (Å²) in [4.78, 5) is 12.1. The number of carbonyl (C=O) groups excluding carboxylic acids is 1. The van der Waals surface area contributed by atoms with Crippen LogP contribution in [0.2, 0.25) is 5.02 Å². The molecule has 7 heteroatoms. The number of aromatic amines is 1. The van der Waals surface area contributed by atoms with E-state index in [0.717, 1.165) is 5.75 Å². The Morgan fingerprint density at radius 3 is 3.05 bits per heavy atom. The first-order valence-electron chi connectivity index (χ1n) is 5.84. The fraction of sp³-hybridized carbons (Fsp3) is 0.154. The van der Waals surface area contributed by atoms with Crippen LogP contribution in [0.1, 0.15) is 22.8 Å². The Morgan fingerprint density at radius 1 is 1.60 bits per heavy atom. The van der Waals surface area contributed by atoms with Crippen LogP contribution in [-0.2, 0) is 0 Å². The maximum atomic E-state index is 12.1. The summed E-state index contributed by atoms with van der Waals surface area (Å²) in [6.07, 6.45) is 0. The summed E-state index contributed by atoms with van der Waals surface area (Å²) >= 11 is 7.28. The van der Waals surface area contributed by atoms with E-state index in [2.05, 4.69) is 15.5 Å². The molecule has 0 aliphatic heterocycles. The third-order valence-corrected chi connectivity index (χ3v) is 3.54. The van der Waals surface area contributed by atoms with Gasteiger partial charge >= 0.3 is 0 Å². The second kappa shape index (κ2) is 6.46. The molecule has 102 valence electrons. The van der Waals surface area contributed by atoms with Crippen LogP contribution in [0.5, 0.6) is 0 Å². The maximum Gasteiger partial charge on any atom is 0.256 e. The zero-order chi connectivity index (χ0) is 14.5. The van der Waals surface area contributed by atoms with Crippen molar-refractivity contribution in [2.75, 3.05) is 11.1 Å². The summed E-state index contributed by atoms with van der Waals surface area (Å²) in [5, 5.41) is 19.5. The summed E-state index contributed by atoms with van der Waals surface area (Å²) in [7, 11) is 0. The normalized spacial score (nSPS) is 10.1. The van der Waals surface area contributed by atoms with E-state index in [1.807, 2.05) is 13.0 Å². The van der Waals surface area contributed by atoms with Gasteiger partial charge in [-0.25, -0.2) is 0 Å². The Labute approximate surface area is 125 Å². The maximum absolute atomic E-state index is 12.1. The number of amides is 1. The standard InChI is InChI=1S/C13H11ClN4OS/c1-2-20-13-10(7-15)11(17-18-13)16-12(19)8-4-3-5-9(14)6-8/h3-6H,2H2,1H3,(H2,16,17,18,19). The second-order valence-corrected chi connectivity index (χ2v) is 5.48. The molecule has 0 radical (unpaired) electrons. The minimum atomic E-state index is -0.347. The van der Waals surface area contributed by atoms with Gasteiger partial charge in [-0.1, -0.05) is 24.6 Å². The summed E-state index contributed by atoms with van der Waals surface area (Å²) in [5.41, 5.74) is 0.757. The number of thioether (sulfide) groups is 1. The van der Waals surface area contributed by atoms with Crippen molar-refractivity contribution in [3.05, 3.63) is 40.4 Å². The number of hydrogen-bond acceptors (Lipinski definition) is 4. The predicted octanol–water partition coefficient (Wildman–Crippen LogP) is 3.30. The highest BCUT2D eigenvalue weighted by Crippen LogP contribution is 2.25. The van der Waals surface area contributed by atoms with E-state index in [4.69, 9.17) is 16.9 Å². The molecule has 2 aromatic rings. The van der Waals surface area contributed by atoms with Crippen LogP contribution in [-0.4, -0.2) is 21.9 Å². The molecule has 2 rings (SSSR count). The SMILES string of the molecule is CCSc1n[nH]c(NC(=O)c2cccc(Cl)c2)c1C#N. The molecule has 0 aliphatic carbocycles. The van der Waals surface area contributed by atoms with Gasteiger partial charge in [0.2, 0.25) is 0 Å². The number of rotatable bonds is 4. The fourth-order valence-electron chi connectivity index (χ4n) is 1.58. The second-order valence-electron chi connectivity index (χ2n) is 3.79. The van der Waals surface area contributed by atoms with Crippen LogP contribution in [0.3, 0.4) is 0 Å². The van der Waals surface area contributed by atoms with E-state index >= 15 is 0 Å². The highest BCUT2D eigenvalue weighted by atomic mass is 35.5. The molecule has 1 aromatic carbocycles. The number of nitriles is 1. The van der Waals surface area contributed by atoms with Crippen LogP contribution in [0.4, 0.5) is 5.82 Å². The summed E-state index contributed by atoms with van der Waals surface area (Å²) in [5.74, 6) is 0.746. The number of nitrogens with zero attached hydrogens (tertiary/aromatic N) is 2. The molecule has 0 saturated carbocycles. The lowest BCUT2D eigenvalue weighted by molar-refractivity contribution is 0.102. The minimum Gasteiger partial charge on any atom is -0.306 e. The molecule has 2 N–H and O–H groups in total. The van der Waals surface area contributed by atoms with E-state index in [1.54, 1.807) is 24.3 Å². The van der Waals surface area contributed by atoms with Crippen molar-refractivity contribution in [2.24, 2.45) is 0 Å². The average molecular weight is 307 g/mol. The molecule has 0 atom stereocenters. The van der Waals surface area contributed by atoms with Crippen molar-refractivity contribution in [3.8, 4) is 6.07 Å². The number of benzene rings is 1. The van der Waals surface area contributed by atoms with Crippen LogP contribution < -0.4 is 5.32 Å². The lowest BCUT2D eigenvalue weighted by Crippen LogP contribution is -2.12. The number of halogens is 1. The molecule has 1 heterocycles. The molecule has 0 unspecified atom stereocenters. The van der Waals surface area contributed by atoms with Gasteiger partial charge in [0.1, 0.15) is 22.5 Å². The number of H-pyrrole nitrogens is 1. The van der Waals surface area contributed by atoms with Gasteiger partial charge in [-0.15, -0.1) is 11.8 Å². The Morgan fingerprint density at radius 2 is 2.40 bits per heavy atom. The van der Waals surface area contributed by atoms with Crippen molar-refractivity contribution >= 4 is 35.1 Å². The van der Waals surface area contributed by atoms with E-state index in [9.17, 15) is 4.79 Å². The van der Waals surface area contributed by atoms with Gasteiger partial charge in [0.15, 0.2) is 0 Å². The van der Waals surface area contributed by atoms with E-state index in [0.29, 0.717) is 27.0 Å². The largest absolute Gasteiger partial charge is 0.306 e. The molecular weight excluding hydrogens is 296 g/mol. The summed E-state index contributed by atoms with van der Waals surface area (Å²) in [6, 6.07) is 8.62. The van der Waals surface area contributed by atoms with Crippen molar-refractivity contribution < 1.29 is 4.79 Å². The monoisotopic (exact) mass is 306 g/mol. The van der Waals surface area contributed by atoms with Gasteiger partial charge in [0, 0.05) is 10.6 Å². The smallest absolute Gasteiger partial charge is 0.256 e. The minimum absolute atomic E-state index is 0.299. The fourth-order valence-corrected chi connectivity index (χ4v) is 2.44. The van der Waals surface area contributed by atoms with Gasteiger partial charge in [0.25, 0.3) is 5.91 Å². The van der Waals surface area contributed by atoms with Crippen LogP contribution in [0.25, 0.3) is 0 Å². The van der Waals surface area contributed by atoms with Crippen molar-refractivity contribution in [1.82, 2.24) is 10.2 Å². The number of nitrogens with one attached hydrogen (secondary N) is 2. The number of carbonyl (C=O) groups is 1. The molecule has 0 bridgehead atoms. The summed E-state index contributed by atoms with van der Waals surface area (Å²) in [6.45, 7) is 1.96. The van der Waals surface area contributed by atoms with E-state index < -0.39 is 0 Å². The lowest BCUT2D eigenvalue weighted by atomic mass is 10.2. The number of aromatic nitrogens is 2. The van der Waals surface area contributed by atoms with Crippen LogP contribution in [0.15, 0.2) is 29.3 Å². The van der Waals surface area contributed by atoms with Crippen molar-refractivity contribution in [1.29, 1.82) is 5.26 Å². The zero-order valence-corrected chi connectivity index (χ0v) is 12.2. The highest BCUT2D eigenvalue weighted by Gasteiger charge is 2.16. The lowest BCUT2D eigenvalue weighted by Gasteiger charge is -2.03. The molecule has 1 aromatic heterocycles. The third-order valence-electron chi connectivity index (χ3n) is 2.45. The number of anilines is 1. The molecule has 0 aliphatic rings. The van der Waals surface area contributed by atoms with Crippen LogP contribution >= 0.6 is 23.4 Å². The van der Waals surface area contributed by atoms with Gasteiger partial charge in [0.05, 0.1) is 0 Å². The Bertz CT molecular complexity index is 677. The first kappa shape index (κ1) is 14.4. The van der Waals surface area contributed by atoms with Crippen LogP contribution in [0, 0.1) is 11.3 Å². The van der Waals surface area contributed by atoms with Crippen molar-refractivity contribution in [3.63, 3.8) is 0 Å². The molecule has 0 fully saturated rings. The molecule has 0 spiro atoms. The predicted molar refractivity (Wildman–Crippen MR) is 79.1 cm³/mol. The Hall–Kier alpha value is -1.97. The molecular formula is C13H11ClN4OS. The Balaban J connectivity index is 2.22. The molecule has 0 saturated heterocycles. The molecule has 20 heavy (non-hydrogen) atoms. The van der Waals surface area contributed by atoms with Gasteiger partial charge in [-0.3, -0.25) is 9.89 Å². The first-order valence-corrected chi connectivity index (χ1v) is 7.20.